The van der Waals surface area contributed by atoms with Gasteiger partial charge in [0.05, 0.1) is 0 Å². The fourth-order valence-electron chi connectivity index (χ4n) is 2.57. The van der Waals surface area contributed by atoms with Gasteiger partial charge in [0.15, 0.2) is 0 Å². The number of alkyl halides is 2. The van der Waals surface area contributed by atoms with Crippen LogP contribution in [0.4, 0.5) is 0 Å². The normalized spacial score (nSPS) is 17.3. The van der Waals surface area contributed by atoms with Crippen molar-refractivity contribution in [2.75, 3.05) is 9.76 Å². The molecule has 0 saturated carbocycles. The van der Waals surface area contributed by atoms with Gasteiger partial charge in [-0.2, -0.15) is 0 Å². The van der Waals surface area contributed by atoms with E-state index >= 15 is 0 Å². The Labute approximate surface area is 217 Å². The van der Waals surface area contributed by atoms with Crippen molar-refractivity contribution in [2.24, 2.45) is 0 Å². The number of rotatable bonds is 4. The van der Waals surface area contributed by atoms with Crippen LogP contribution >= 0.6 is 38.5 Å². The van der Waals surface area contributed by atoms with Crippen molar-refractivity contribution in [3.8, 4) is 0 Å². The Hall–Kier alpha value is 0.896. The number of allylic oxidation sites excluding steroid dienone is 16. The summed E-state index contributed by atoms with van der Waals surface area (Å²) in [7, 11) is 0. The van der Waals surface area contributed by atoms with Gasteiger partial charge >= 0.3 is 158 Å². The zero-order valence-corrected chi connectivity index (χ0v) is 25.6. The fraction of sp³-hybridized carbons (Fsp3) is 0.333. The van der Waals surface area contributed by atoms with Gasteiger partial charge in [-0.15, -0.1) is 0 Å². The molecule has 0 aromatic carbocycles. The molecule has 4 rings (SSSR count). The first kappa shape index (κ1) is 26.9. The largest absolute Gasteiger partial charge is 0.0931 e. The average Bonchev–Trinajstić information content (AvgIpc) is 3.48. The summed E-state index contributed by atoms with van der Waals surface area (Å²) in [6.07, 6.45) is 32.0. The Balaban J connectivity index is 0.000000220. The second-order valence-corrected chi connectivity index (χ2v) is 16.3. The van der Waals surface area contributed by atoms with E-state index < -0.39 is 0 Å². The van der Waals surface area contributed by atoms with E-state index in [0.29, 0.717) is 0 Å². The first-order valence-corrected chi connectivity index (χ1v) is 17.4. The van der Waals surface area contributed by atoms with Crippen LogP contribution in [0, 0.1) is 0 Å². The molecule has 4 heteroatoms. The van der Waals surface area contributed by atoms with Gasteiger partial charge in [-0.05, 0) is 4.43 Å². The van der Waals surface area contributed by atoms with E-state index in [2.05, 4.69) is 118 Å². The summed E-state index contributed by atoms with van der Waals surface area (Å²) in [5.41, 5.74) is 0. The van der Waals surface area contributed by atoms with Crippen LogP contribution in [0.2, 0.25) is 0 Å². The molecule has 0 fully saturated rings. The summed E-state index contributed by atoms with van der Waals surface area (Å²) in [5, 5.41) is 1.06. The van der Waals surface area contributed by atoms with E-state index in [1.165, 1.54) is 30.1 Å². The molecule has 0 N–H and O–H groups in total. The second-order valence-electron chi connectivity index (χ2n) is 6.08. The summed E-state index contributed by atoms with van der Waals surface area (Å²) >= 11 is 4.81. The Bertz CT molecular complexity index is 575. The molecule has 0 nitrogen and oxygen atoms in total. The van der Waals surface area contributed by atoms with E-state index in [4.69, 9.17) is 0 Å². The third kappa shape index (κ3) is 13.2. The average molecular weight is 708 g/mol. The fourth-order valence-corrected chi connectivity index (χ4v) is 8.53. The molecule has 0 spiro atoms. The zero-order chi connectivity index (χ0) is 20.5. The van der Waals surface area contributed by atoms with Crippen LogP contribution in [0.5, 0.6) is 0 Å². The molecule has 0 amide bonds. The molecule has 0 aromatic rings. The van der Waals surface area contributed by atoms with E-state index in [-0.39, 0.29) is 46.5 Å². The molecule has 0 atom stereocenters. The molecule has 0 radical (unpaired) electrons. The molecule has 0 aromatic heterocycles. The number of halogens is 2. The van der Waals surface area contributed by atoms with Gasteiger partial charge in [-0.3, -0.25) is 0 Å². The van der Waals surface area contributed by atoms with Gasteiger partial charge in [0.2, 0.25) is 0 Å². The molecule has 0 aliphatic heterocycles. The predicted octanol–water partition coefficient (Wildman–Crippen LogP) is 8.36. The predicted molar refractivity (Wildman–Crippen MR) is 131 cm³/mol. The van der Waals surface area contributed by atoms with Crippen molar-refractivity contribution in [3.05, 3.63) is 86.0 Å². The van der Waals surface area contributed by atoms with Gasteiger partial charge in [-0.25, -0.2) is 0 Å². The molecule has 0 unspecified atom stereocenters. The van der Waals surface area contributed by atoms with Crippen molar-refractivity contribution in [1.82, 2.24) is 0 Å². The molecular formula is C24H30BrIZr2. The first-order chi connectivity index (χ1) is 13.7. The van der Waals surface area contributed by atoms with Gasteiger partial charge in [-0.1, -0.05) is 52.4 Å². The standard InChI is InChI=1S/4C5H5.C2H5Br.C2H5I.2Zr/c4*1-2-4-5-3-1;2*1-2-3;;/h4*1-3H,4H2;2*2H2,1H3;;. The summed E-state index contributed by atoms with van der Waals surface area (Å²) in [5.74, 6) is 0. The molecule has 4 aliphatic carbocycles. The van der Waals surface area contributed by atoms with Crippen molar-refractivity contribution < 1.29 is 46.5 Å². The maximum Gasteiger partial charge on any atom is 0.000281 e. The van der Waals surface area contributed by atoms with E-state index in [1.54, 1.807) is 13.1 Å². The minimum atomic E-state index is -0.312. The molecule has 0 bridgehead atoms. The minimum absolute atomic E-state index is 0.312. The zero-order valence-electron chi connectivity index (χ0n) is 16.9. The minimum Gasteiger partial charge on any atom is -0.0931 e. The Morgan fingerprint density at radius 1 is 0.679 bits per heavy atom. The van der Waals surface area contributed by atoms with Crippen LogP contribution < -0.4 is 0 Å². The van der Waals surface area contributed by atoms with Gasteiger partial charge < -0.3 is 0 Å². The Morgan fingerprint density at radius 3 is 1.04 bits per heavy atom. The maximum atomic E-state index is 3.15. The third-order valence-corrected chi connectivity index (χ3v) is 10.5. The molecular weight excluding hydrogens is 678 g/mol. The smallest absolute Gasteiger partial charge is 0.000281 e. The summed E-state index contributed by atoms with van der Waals surface area (Å²) in [4.78, 5) is 0. The third-order valence-electron chi connectivity index (χ3n) is 3.73. The van der Waals surface area contributed by atoms with Crippen molar-refractivity contribution >= 4 is 38.5 Å². The van der Waals surface area contributed by atoms with Gasteiger partial charge in [0.1, 0.15) is 0 Å². The SMILES string of the molecule is C1=CC[C]([Zr][C]2=CC=CC2)=C1.C1=CC[C]([Zr][C]2=CC=CC2)=C1.CCBr.CCI. The summed E-state index contributed by atoms with van der Waals surface area (Å²) in [6.45, 7) is 4.15. The second kappa shape index (κ2) is 18.6. The van der Waals surface area contributed by atoms with Crippen LogP contribution in [0.25, 0.3) is 0 Å². The monoisotopic (exact) mass is 704 g/mol. The van der Waals surface area contributed by atoms with Crippen LogP contribution in [0.3, 0.4) is 0 Å². The maximum absolute atomic E-state index is 3.15. The molecule has 0 saturated heterocycles. The van der Waals surface area contributed by atoms with E-state index in [1.807, 2.05) is 6.92 Å². The number of hydrogen-bond acceptors (Lipinski definition) is 0. The van der Waals surface area contributed by atoms with Crippen LogP contribution in [0.1, 0.15) is 39.5 Å². The Morgan fingerprint density at radius 2 is 0.893 bits per heavy atom. The van der Waals surface area contributed by atoms with Crippen molar-refractivity contribution in [2.45, 2.75) is 39.5 Å². The van der Waals surface area contributed by atoms with Crippen LogP contribution in [0.15, 0.2) is 86.0 Å². The van der Waals surface area contributed by atoms with Crippen molar-refractivity contribution in [3.63, 3.8) is 0 Å². The van der Waals surface area contributed by atoms with Gasteiger partial charge in [0.25, 0.3) is 0 Å². The van der Waals surface area contributed by atoms with Crippen LogP contribution in [-0.2, 0) is 46.5 Å². The van der Waals surface area contributed by atoms with E-state index in [0.717, 1.165) is 5.33 Å². The molecule has 28 heavy (non-hydrogen) atoms. The molecule has 0 heterocycles. The topological polar surface area (TPSA) is 0 Å². The summed E-state index contributed by atoms with van der Waals surface area (Å²) < 4.78 is 8.12. The van der Waals surface area contributed by atoms with E-state index in [9.17, 15) is 0 Å². The quantitative estimate of drug-likeness (QED) is 0.204. The number of hydrogen-bond donors (Lipinski definition) is 0. The van der Waals surface area contributed by atoms with Crippen LogP contribution in [-0.4, -0.2) is 9.76 Å². The van der Waals surface area contributed by atoms with Gasteiger partial charge in [0, 0.05) is 5.33 Å². The summed E-state index contributed by atoms with van der Waals surface area (Å²) in [6, 6.07) is 0. The Kier molecular flexibility index (Phi) is 17.9. The molecule has 148 valence electrons. The van der Waals surface area contributed by atoms with Crippen molar-refractivity contribution in [1.29, 1.82) is 0 Å². The first-order valence-electron chi connectivity index (χ1n) is 9.82. The molecule has 4 aliphatic rings.